The second-order valence-electron chi connectivity index (χ2n) is 16.0. The van der Waals surface area contributed by atoms with Gasteiger partial charge >= 0.3 is 6.09 Å². The molecule has 1 aromatic carbocycles. The summed E-state index contributed by atoms with van der Waals surface area (Å²) >= 11 is 0. The molecule has 0 spiro atoms. The van der Waals surface area contributed by atoms with Crippen molar-refractivity contribution in [2.24, 2.45) is 11.3 Å². The Bertz CT molecular complexity index is 1850. The van der Waals surface area contributed by atoms with Crippen LogP contribution in [0.4, 0.5) is 4.79 Å². The quantitative estimate of drug-likeness (QED) is 0.290. The third-order valence-electron chi connectivity index (χ3n) is 9.72. The molecule has 2 aromatic rings. The Labute approximate surface area is 299 Å². The number of pyridine rings is 1. The van der Waals surface area contributed by atoms with Crippen molar-refractivity contribution in [1.82, 2.24) is 25.2 Å². The number of ether oxygens (including phenoxy) is 3. The summed E-state index contributed by atoms with van der Waals surface area (Å²) in [6.07, 6.45) is 2.56. The topological polar surface area (TPSA) is 182 Å². The molecule has 0 radical (unpaired) electrons. The summed E-state index contributed by atoms with van der Waals surface area (Å²) in [5, 5.41) is 6.98. The summed E-state index contributed by atoms with van der Waals surface area (Å²) in [6, 6.07) is 4.94. The zero-order valence-electron chi connectivity index (χ0n) is 30.5. The molecular weight excluding hydrogens is 678 g/mol. The number of rotatable bonds is 11. The largest absolute Gasteiger partial charge is 0.497 e. The van der Waals surface area contributed by atoms with E-state index in [9.17, 15) is 27.6 Å². The first-order valence-corrected chi connectivity index (χ1v) is 18.5. The average Bonchev–Trinajstić information content (AvgIpc) is 3.92. The summed E-state index contributed by atoms with van der Waals surface area (Å²) in [4.78, 5) is 61.0. The molecule has 5 rings (SSSR count). The number of aromatic nitrogens is 1. The molecule has 1 aromatic heterocycles. The molecule has 278 valence electrons. The van der Waals surface area contributed by atoms with Crippen molar-refractivity contribution < 1.29 is 41.8 Å². The number of methoxy groups -OCH3 is 1. The molecule has 3 N–H and O–H groups in total. The molecule has 2 aliphatic carbocycles. The van der Waals surface area contributed by atoms with E-state index in [2.05, 4.69) is 26.9 Å². The molecule has 0 bridgehead atoms. The van der Waals surface area contributed by atoms with Crippen LogP contribution in [0.2, 0.25) is 0 Å². The summed E-state index contributed by atoms with van der Waals surface area (Å²) in [6.45, 7) is 15.7. The smallest absolute Gasteiger partial charge is 0.408 e. The van der Waals surface area contributed by atoms with Crippen molar-refractivity contribution in [3.05, 3.63) is 43.1 Å². The normalized spacial score (nSPS) is 24.5. The number of hydrogen-bond donors (Lipinski definition) is 3. The lowest BCUT2D eigenvalue weighted by Gasteiger charge is -2.36. The third kappa shape index (κ3) is 7.92. The highest BCUT2D eigenvalue weighted by Crippen LogP contribution is 2.47. The minimum atomic E-state index is -3.99. The van der Waals surface area contributed by atoms with Crippen LogP contribution in [-0.2, 0) is 29.1 Å². The zero-order chi connectivity index (χ0) is 37.7. The lowest BCUT2D eigenvalue weighted by Crippen LogP contribution is -2.60. The number of nitrogens with zero attached hydrogens (tertiary/aromatic N) is 2. The van der Waals surface area contributed by atoms with Crippen LogP contribution in [0.25, 0.3) is 10.8 Å². The Hall–Kier alpha value is -4.40. The monoisotopic (exact) mass is 727 g/mol. The lowest BCUT2D eigenvalue weighted by molar-refractivity contribution is -0.143. The Balaban J connectivity index is 1.45. The molecule has 0 unspecified atom stereocenters. The first-order chi connectivity index (χ1) is 23.6. The Morgan fingerprint density at radius 2 is 1.78 bits per heavy atom. The summed E-state index contributed by atoms with van der Waals surface area (Å²) in [5.74, 6) is -1.69. The van der Waals surface area contributed by atoms with Gasteiger partial charge in [0.05, 0.1) is 18.4 Å². The van der Waals surface area contributed by atoms with Crippen molar-refractivity contribution in [3.8, 4) is 11.6 Å². The van der Waals surface area contributed by atoms with Gasteiger partial charge in [-0.05, 0) is 82.0 Å². The number of carbonyl (C=O) groups is 4. The number of carbonyl (C=O) groups excluding carboxylic acids is 4. The van der Waals surface area contributed by atoms with Crippen molar-refractivity contribution in [2.45, 2.75) is 108 Å². The second-order valence-corrected chi connectivity index (χ2v) is 18.2. The maximum absolute atomic E-state index is 14.4. The minimum absolute atomic E-state index is 0.0158. The van der Waals surface area contributed by atoms with Crippen LogP contribution in [0.15, 0.2) is 43.1 Å². The van der Waals surface area contributed by atoms with Crippen molar-refractivity contribution in [1.29, 1.82) is 0 Å². The predicted octanol–water partition coefficient (Wildman–Crippen LogP) is 3.59. The lowest BCUT2D eigenvalue weighted by atomic mass is 9.85. The highest BCUT2D eigenvalue weighted by molar-refractivity contribution is 7.91. The van der Waals surface area contributed by atoms with Crippen LogP contribution in [0, 0.1) is 11.3 Å². The fourth-order valence-electron chi connectivity index (χ4n) is 6.24. The molecular formula is C36H49N5O9S. The van der Waals surface area contributed by atoms with Crippen molar-refractivity contribution in [2.75, 3.05) is 13.7 Å². The number of benzene rings is 1. The summed E-state index contributed by atoms with van der Waals surface area (Å²) < 4.78 is 44.3. The Kier molecular flexibility index (Phi) is 9.87. The average molecular weight is 728 g/mol. The number of nitrogens with one attached hydrogen (secondary N) is 3. The van der Waals surface area contributed by atoms with E-state index in [0.717, 1.165) is 5.39 Å². The Morgan fingerprint density at radius 1 is 1.10 bits per heavy atom. The van der Waals surface area contributed by atoms with Crippen LogP contribution >= 0.6 is 0 Å². The van der Waals surface area contributed by atoms with Crippen LogP contribution in [-0.4, -0.2) is 89.8 Å². The molecule has 1 aliphatic heterocycles. The summed E-state index contributed by atoms with van der Waals surface area (Å²) in [7, 11) is -2.43. The van der Waals surface area contributed by atoms with Gasteiger partial charge in [-0.15, -0.1) is 6.58 Å². The summed E-state index contributed by atoms with van der Waals surface area (Å²) in [5.41, 5.74) is -3.21. The molecule has 3 fully saturated rings. The predicted molar refractivity (Wildman–Crippen MR) is 189 cm³/mol. The highest BCUT2D eigenvalue weighted by atomic mass is 32.2. The van der Waals surface area contributed by atoms with E-state index in [4.69, 9.17) is 14.2 Å². The van der Waals surface area contributed by atoms with Gasteiger partial charge in [-0.3, -0.25) is 19.1 Å². The number of hydrogen-bond acceptors (Lipinski definition) is 10. The van der Waals surface area contributed by atoms with Gasteiger partial charge < -0.3 is 29.7 Å². The maximum atomic E-state index is 14.4. The van der Waals surface area contributed by atoms with E-state index in [1.165, 1.54) is 11.0 Å². The van der Waals surface area contributed by atoms with Crippen LogP contribution in [0.3, 0.4) is 0 Å². The molecule has 3 aliphatic rings. The molecule has 51 heavy (non-hydrogen) atoms. The van der Waals surface area contributed by atoms with Gasteiger partial charge in [0.1, 0.15) is 35.1 Å². The van der Waals surface area contributed by atoms with Gasteiger partial charge in [0.2, 0.25) is 27.7 Å². The fourth-order valence-corrected chi connectivity index (χ4v) is 7.55. The van der Waals surface area contributed by atoms with Gasteiger partial charge in [0.15, 0.2) is 0 Å². The number of sulfonamides is 1. The third-order valence-corrected chi connectivity index (χ3v) is 11.9. The Morgan fingerprint density at radius 3 is 2.35 bits per heavy atom. The van der Waals surface area contributed by atoms with Gasteiger partial charge in [-0.25, -0.2) is 18.2 Å². The number of fused-ring (bicyclic) bond motifs is 1. The van der Waals surface area contributed by atoms with E-state index in [1.54, 1.807) is 73.9 Å². The van der Waals surface area contributed by atoms with Crippen LogP contribution in [0.1, 0.15) is 74.1 Å². The first kappa shape index (κ1) is 37.8. The molecule has 4 amide bonds. The van der Waals surface area contributed by atoms with E-state index in [1.807, 2.05) is 12.1 Å². The van der Waals surface area contributed by atoms with Crippen LogP contribution in [0.5, 0.6) is 11.6 Å². The maximum Gasteiger partial charge on any atom is 0.408 e. The molecule has 14 nitrogen and oxygen atoms in total. The SMILES string of the molecule is C=C[C@@H]1C[C@]1(NC(=O)[C@@H]1C[C@@H](Oc2nccc3cc(OC)ccc23)CN1C(=O)[C@@H](NC(=O)OC(C)(C)C)C(C)(C)C)C(=O)NS(=O)(=O)C1(C)CC1. The van der Waals surface area contributed by atoms with Crippen molar-refractivity contribution in [3.63, 3.8) is 0 Å². The molecule has 1 saturated heterocycles. The highest BCUT2D eigenvalue weighted by Gasteiger charge is 2.63. The van der Waals surface area contributed by atoms with Gasteiger partial charge in [-0.1, -0.05) is 26.8 Å². The molecule has 2 saturated carbocycles. The van der Waals surface area contributed by atoms with E-state index in [-0.39, 0.29) is 25.3 Å². The van der Waals surface area contributed by atoms with E-state index < -0.39 is 79.2 Å². The molecule has 15 heteroatoms. The fraction of sp³-hybridized carbons (Fsp3) is 0.583. The van der Waals surface area contributed by atoms with E-state index in [0.29, 0.717) is 24.0 Å². The van der Waals surface area contributed by atoms with Crippen LogP contribution < -0.4 is 24.8 Å². The van der Waals surface area contributed by atoms with E-state index >= 15 is 0 Å². The zero-order valence-corrected chi connectivity index (χ0v) is 31.3. The van der Waals surface area contributed by atoms with Gasteiger partial charge in [-0.2, -0.15) is 0 Å². The van der Waals surface area contributed by atoms with Gasteiger partial charge in [0, 0.05) is 23.9 Å². The number of likely N-dealkylation sites (tertiary alicyclic amines) is 1. The van der Waals surface area contributed by atoms with Crippen molar-refractivity contribution >= 4 is 44.6 Å². The molecule has 5 atom stereocenters. The van der Waals surface area contributed by atoms with Gasteiger partial charge in [0.25, 0.3) is 5.91 Å². The standard InChI is InChI=1S/C36H49N5O9S/c1-10-22-19-36(22,31(44)40-51(46,47)35(8)14-15-35)39-28(42)26-18-24(49-29-25-12-11-23(48-9)17-21(25)13-16-37-29)20-41(26)30(43)27(33(2,3)4)38-32(45)50-34(5,6)7/h10-13,16-17,22,24,26-27H,1,14-15,18-20H2,2-9H3,(H,38,45)(H,39,42)(H,40,44)/t22-,24-,26+,27-,36-/m1/s1. The molecule has 2 heterocycles. The number of alkyl carbamates (subject to hydrolysis) is 1. The first-order valence-electron chi connectivity index (χ1n) is 17.0. The second kappa shape index (κ2) is 13.3. The number of amides is 4. The minimum Gasteiger partial charge on any atom is -0.497 e.